The smallest absolute Gasteiger partial charge is 0.0480 e. The minimum Gasteiger partial charge on any atom is -0.381 e. The van der Waals surface area contributed by atoms with Gasteiger partial charge in [0.2, 0.25) is 0 Å². The number of nitrogens with two attached hydrogens (primary N) is 2. The lowest BCUT2D eigenvalue weighted by atomic mass is 10.1. The average molecular weight is 274 g/mol. The van der Waals surface area contributed by atoms with E-state index < -0.39 is 0 Å². The van der Waals surface area contributed by atoms with E-state index in [1.807, 2.05) is 0 Å². The molecule has 5 nitrogen and oxygen atoms in total. The lowest BCUT2D eigenvalue weighted by Gasteiger charge is -2.16. The monoisotopic (exact) mass is 274 g/mol. The van der Waals surface area contributed by atoms with Crippen molar-refractivity contribution in [1.29, 1.82) is 0 Å². The first-order valence-electron chi connectivity index (χ1n) is 7.30. The Labute approximate surface area is 119 Å². The molecule has 116 valence electrons. The lowest BCUT2D eigenvalue weighted by Crippen LogP contribution is -2.29. The summed E-state index contributed by atoms with van der Waals surface area (Å²) in [5.74, 6) is 0. The molecular weight excluding hydrogens is 240 g/mol. The second kappa shape index (κ2) is 11.6. The molecule has 0 amide bonds. The molecule has 0 aromatic heterocycles. The summed E-state index contributed by atoms with van der Waals surface area (Å²) in [7, 11) is 8.27. The predicted octanol–water partition coefficient (Wildman–Crippen LogP) is 0.341. The Hall–Kier alpha value is -0.200. The highest BCUT2D eigenvalue weighted by molar-refractivity contribution is 4.64. The summed E-state index contributed by atoms with van der Waals surface area (Å²) in [4.78, 5) is 4.31. The van der Waals surface area contributed by atoms with Crippen LogP contribution in [0.1, 0.15) is 25.7 Å². The quantitative estimate of drug-likeness (QED) is 0.502. The van der Waals surface area contributed by atoms with Crippen LogP contribution >= 0.6 is 0 Å². The SMILES string of the molecule is CN(C)CCC(N)CCOCCC(N)CCN(C)C. The van der Waals surface area contributed by atoms with E-state index in [0.29, 0.717) is 0 Å². The minimum absolute atomic E-state index is 0.241. The summed E-state index contributed by atoms with van der Waals surface area (Å²) in [6.45, 7) is 3.57. The van der Waals surface area contributed by atoms with E-state index in [9.17, 15) is 0 Å². The highest BCUT2D eigenvalue weighted by Crippen LogP contribution is 1.99. The van der Waals surface area contributed by atoms with Crippen LogP contribution in [0, 0.1) is 0 Å². The van der Waals surface area contributed by atoms with Gasteiger partial charge in [0.25, 0.3) is 0 Å². The summed E-state index contributed by atoms with van der Waals surface area (Å²) in [5, 5.41) is 0. The molecule has 0 fully saturated rings. The number of nitrogens with zero attached hydrogens (tertiary/aromatic N) is 2. The Balaban J connectivity index is 3.34. The number of hydrogen-bond acceptors (Lipinski definition) is 5. The minimum atomic E-state index is 0.241. The zero-order chi connectivity index (χ0) is 14.7. The van der Waals surface area contributed by atoms with Crippen LogP contribution < -0.4 is 11.5 Å². The molecular formula is C14H34N4O. The van der Waals surface area contributed by atoms with Gasteiger partial charge in [-0.3, -0.25) is 0 Å². The highest BCUT2D eigenvalue weighted by Gasteiger charge is 2.05. The Bertz CT molecular complexity index is 180. The van der Waals surface area contributed by atoms with Gasteiger partial charge in [0.1, 0.15) is 0 Å². The van der Waals surface area contributed by atoms with Crippen molar-refractivity contribution in [2.45, 2.75) is 37.8 Å². The molecule has 4 N–H and O–H groups in total. The van der Waals surface area contributed by atoms with Gasteiger partial charge in [-0.05, 0) is 67.0 Å². The van der Waals surface area contributed by atoms with E-state index in [1.165, 1.54) is 0 Å². The van der Waals surface area contributed by atoms with Gasteiger partial charge < -0.3 is 26.0 Å². The summed E-state index contributed by atoms with van der Waals surface area (Å²) in [6.07, 6.45) is 3.92. The summed E-state index contributed by atoms with van der Waals surface area (Å²) >= 11 is 0. The van der Waals surface area contributed by atoms with E-state index in [1.54, 1.807) is 0 Å². The van der Waals surface area contributed by atoms with Gasteiger partial charge in [-0.2, -0.15) is 0 Å². The number of ether oxygens (including phenoxy) is 1. The molecule has 0 aromatic rings. The molecule has 0 aliphatic rings. The van der Waals surface area contributed by atoms with Crippen LogP contribution in [0.25, 0.3) is 0 Å². The highest BCUT2D eigenvalue weighted by atomic mass is 16.5. The summed E-state index contributed by atoms with van der Waals surface area (Å²) in [6, 6.07) is 0.481. The van der Waals surface area contributed by atoms with Gasteiger partial charge in [0, 0.05) is 25.3 Å². The molecule has 2 atom stereocenters. The molecule has 0 rings (SSSR count). The lowest BCUT2D eigenvalue weighted by molar-refractivity contribution is 0.118. The van der Waals surface area contributed by atoms with E-state index >= 15 is 0 Å². The average Bonchev–Trinajstić information content (AvgIpc) is 2.33. The third-order valence-electron chi connectivity index (χ3n) is 3.16. The van der Waals surface area contributed by atoms with E-state index in [0.717, 1.165) is 52.0 Å². The molecule has 0 spiro atoms. The molecule has 5 heteroatoms. The van der Waals surface area contributed by atoms with Crippen LogP contribution in [0.3, 0.4) is 0 Å². The summed E-state index contributed by atoms with van der Waals surface area (Å²) in [5.41, 5.74) is 12.0. The molecule has 0 saturated carbocycles. The fourth-order valence-corrected chi connectivity index (χ4v) is 1.71. The fraction of sp³-hybridized carbons (Fsp3) is 1.00. The van der Waals surface area contributed by atoms with Crippen molar-refractivity contribution >= 4 is 0 Å². The largest absolute Gasteiger partial charge is 0.381 e. The first-order valence-corrected chi connectivity index (χ1v) is 7.30. The van der Waals surface area contributed by atoms with Gasteiger partial charge in [0.15, 0.2) is 0 Å². The summed E-state index contributed by atoms with van der Waals surface area (Å²) < 4.78 is 5.60. The Morgan fingerprint density at radius 2 is 1.11 bits per heavy atom. The van der Waals surface area contributed by atoms with Crippen LogP contribution in [0.15, 0.2) is 0 Å². The van der Waals surface area contributed by atoms with E-state index in [2.05, 4.69) is 38.0 Å². The fourth-order valence-electron chi connectivity index (χ4n) is 1.71. The molecule has 0 aliphatic carbocycles. The predicted molar refractivity (Wildman–Crippen MR) is 82.3 cm³/mol. The van der Waals surface area contributed by atoms with Crippen molar-refractivity contribution in [3.63, 3.8) is 0 Å². The Morgan fingerprint density at radius 1 is 0.737 bits per heavy atom. The number of hydrogen-bond donors (Lipinski definition) is 2. The van der Waals surface area contributed by atoms with Crippen LogP contribution in [0.2, 0.25) is 0 Å². The van der Waals surface area contributed by atoms with Gasteiger partial charge >= 0.3 is 0 Å². The first kappa shape index (κ1) is 18.8. The maximum Gasteiger partial charge on any atom is 0.0480 e. The van der Waals surface area contributed by atoms with E-state index in [4.69, 9.17) is 16.2 Å². The molecule has 0 heterocycles. The van der Waals surface area contributed by atoms with Gasteiger partial charge in [-0.15, -0.1) is 0 Å². The molecule has 0 radical (unpaired) electrons. The van der Waals surface area contributed by atoms with Crippen molar-refractivity contribution in [3.8, 4) is 0 Å². The van der Waals surface area contributed by atoms with Crippen molar-refractivity contribution in [1.82, 2.24) is 9.80 Å². The van der Waals surface area contributed by atoms with Crippen LogP contribution in [0.5, 0.6) is 0 Å². The van der Waals surface area contributed by atoms with Gasteiger partial charge in [-0.1, -0.05) is 0 Å². The number of rotatable bonds is 12. The van der Waals surface area contributed by atoms with Crippen molar-refractivity contribution in [2.75, 3.05) is 54.5 Å². The van der Waals surface area contributed by atoms with Crippen LogP contribution in [-0.4, -0.2) is 76.4 Å². The molecule has 19 heavy (non-hydrogen) atoms. The third-order valence-corrected chi connectivity index (χ3v) is 3.16. The first-order chi connectivity index (χ1) is 8.91. The topological polar surface area (TPSA) is 67.7 Å². The normalized spacial score (nSPS) is 15.2. The standard InChI is InChI=1S/C14H34N4O/c1-17(2)9-5-13(15)7-11-19-12-8-14(16)6-10-18(3)4/h13-14H,5-12,15-16H2,1-4H3. The van der Waals surface area contributed by atoms with Crippen molar-refractivity contribution in [3.05, 3.63) is 0 Å². The Morgan fingerprint density at radius 3 is 1.42 bits per heavy atom. The zero-order valence-corrected chi connectivity index (χ0v) is 13.3. The van der Waals surface area contributed by atoms with Crippen molar-refractivity contribution < 1.29 is 4.74 Å². The van der Waals surface area contributed by atoms with Gasteiger partial charge in [0.05, 0.1) is 0 Å². The maximum absolute atomic E-state index is 6.01. The second-order valence-electron chi connectivity index (χ2n) is 5.89. The Kier molecular flexibility index (Phi) is 11.5. The molecule has 0 aliphatic heterocycles. The third kappa shape index (κ3) is 14.0. The second-order valence-corrected chi connectivity index (χ2v) is 5.89. The van der Waals surface area contributed by atoms with Gasteiger partial charge in [-0.25, -0.2) is 0 Å². The van der Waals surface area contributed by atoms with E-state index in [-0.39, 0.29) is 12.1 Å². The van der Waals surface area contributed by atoms with Crippen LogP contribution in [0.4, 0.5) is 0 Å². The molecule has 0 saturated heterocycles. The zero-order valence-electron chi connectivity index (χ0n) is 13.3. The molecule has 2 unspecified atom stereocenters. The van der Waals surface area contributed by atoms with Crippen LogP contribution in [-0.2, 0) is 4.74 Å². The van der Waals surface area contributed by atoms with Crippen molar-refractivity contribution in [2.24, 2.45) is 11.5 Å². The maximum atomic E-state index is 6.01. The molecule has 0 bridgehead atoms. The molecule has 0 aromatic carbocycles.